The van der Waals surface area contributed by atoms with Crippen LogP contribution in [0.4, 0.5) is 5.69 Å². The lowest BCUT2D eigenvalue weighted by atomic mass is 10.1. The molecule has 0 saturated heterocycles. The van der Waals surface area contributed by atoms with Crippen molar-refractivity contribution in [2.45, 2.75) is 26.7 Å². The van der Waals surface area contributed by atoms with Crippen LogP contribution in [0.25, 0.3) is 0 Å². The largest absolute Gasteiger partial charge is 0.326 e. The molecule has 1 aromatic carbocycles. The lowest BCUT2D eigenvalue weighted by Crippen LogP contribution is -2.27. The molecule has 6 nitrogen and oxygen atoms in total. The molecular formula is C15H17N3O3. The van der Waals surface area contributed by atoms with E-state index in [-0.39, 0.29) is 18.7 Å². The number of carbonyl (C=O) groups excluding carboxylic acids is 1. The molecule has 6 heteroatoms. The fraction of sp³-hybridized carbons (Fsp3) is 0.267. The van der Waals surface area contributed by atoms with Crippen molar-refractivity contribution in [3.63, 3.8) is 0 Å². The average molecular weight is 287 g/mol. The number of hydrogen-bond donors (Lipinski definition) is 3. The molecule has 0 aliphatic rings. The van der Waals surface area contributed by atoms with Gasteiger partial charge in [-0.2, -0.15) is 0 Å². The van der Waals surface area contributed by atoms with Gasteiger partial charge in [0, 0.05) is 23.4 Å². The quantitative estimate of drug-likeness (QED) is 0.789. The second-order valence-corrected chi connectivity index (χ2v) is 4.87. The standard InChI is InChI=1S/C15H17N3O3/c1-9-5-3-4-6-12(9)17-13(19)8-7-11-10(2)16-15(21)18-14(11)20/h3-6H,7-8H2,1-2H3,(H,17,19)(H2,16,18,20,21). The number of aromatic nitrogens is 2. The van der Waals surface area contributed by atoms with E-state index >= 15 is 0 Å². The molecule has 2 aromatic rings. The Bertz CT molecular complexity index is 774. The molecule has 1 amide bonds. The number of H-pyrrole nitrogens is 2. The minimum atomic E-state index is -0.536. The summed E-state index contributed by atoms with van der Waals surface area (Å²) in [6, 6.07) is 7.48. The molecule has 0 aliphatic carbocycles. The van der Waals surface area contributed by atoms with Crippen LogP contribution < -0.4 is 16.6 Å². The summed E-state index contributed by atoms with van der Waals surface area (Å²) in [5.74, 6) is -0.172. The Morgan fingerprint density at radius 2 is 1.86 bits per heavy atom. The third-order valence-electron chi connectivity index (χ3n) is 3.28. The predicted octanol–water partition coefficient (Wildman–Crippen LogP) is 1.25. The van der Waals surface area contributed by atoms with Crippen molar-refractivity contribution in [2.24, 2.45) is 0 Å². The van der Waals surface area contributed by atoms with Gasteiger partial charge in [-0.25, -0.2) is 4.79 Å². The third kappa shape index (κ3) is 3.68. The van der Waals surface area contributed by atoms with Crippen LogP contribution in [0, 0.1) is 13.8 Å². The molecular weight excluding hydrogens is 270 g/mol. The summed E-state index contributed by atoms with van der Waals surface area (Å²) in [6.07, 6.45) is 0.444. The van der Waals surface area contributed by atoms with E-state index in [9.17, 15) is 14.4 Å². The van der Waals surface area contributed by atoms with Gasteiger partial charge in [0.2, 0.25) is 5.91 Å². The number of aryl methyl sites for hydroxylation is 2. The highest BCUT2D eigenvalue weighted by Crippen LogP contribution is 2.13. The van der Waals surface area contributed by atoms with E-state index in [1.54, 1.807) is 6.92 Å². The Balaban J connectivity index is 2.04. The molecule has 21 heavy (non-hydrogen) atoms. The Hall–Kier alpha value is -2.63. The Morgan fingerprint density at radius 3 is 2.52 bits per heavy atom. The molecule has 0 unspecified atom stereocenters. The second-order valence-electron chi connectivity index (χ2n) is 4.87. The van der Waals surface area contributed by atoms with E-state index in [2.05, 4.69) is 15.3 Å². The van der Waals surface area contributed by atoms with Gasteiger partial charge in [0.05, 0.1) is 0 Å². The van der Waals surface area contributed by atoms with Crippen molar-refractivity contribution >= 4 is 11.6 Å². The SMILES string of the molecule is Cc1ccccc1NC(=O)CCc1c(C)[nH]c(=O)[nH]c1=O. The normalized spacial score (nSPS) is 10.4. The number of hydrogen-bond acceptors (Lipinski definition) is 3. The summed E-state index contributed by atoms with van der Waals surface area (Å²) in [5.41, 5.74) is 1.67. The molecule has 2 rings (SSSR count). The monoisotopic (exact) mass is 287 g/mol. The van der Waals surface area contributed by atoms with E-state index in [1.165, 1.54) is 0 Å². The van der Waals surface area contributed by atoms with Crippen molar-refractivity contribution in [3.05, 3.63) is 61.9 Å². The van der Waals surface area contributed by atoms with Gasteiger partial charge in [-0.1, -0.05) is 18.2 Å². The molecule has 0 radical (unpaired) electrons. The summed E-state index contributed by atoms with van der Waals surface area (Å²) in [5, 5.41) is 2.81. The predicted molar refractivity (Wildman–Crippen MR) is 80.6 cm³/mol. The maximum absolute atomic E-state index is 11.9. The lowest BCUT2D eigenvalue weighted by molar-refractivity contribution is -0.116. The average Bonchev–Trinajstić information content (AvgIpc) is 2.40. The fourth-order valence-electron chi connectivity index (χ4n) is 2.09. The number of amides is 1. The van der Waals surface area contributed by atoms with Gasteiger partial charge in [-0.15, -0.1) is 0 Å². The van der Waals surface area contributed by atoms with Crippen molar-refractivity contribution in [1.82, 2.24) is 9.97 Å². The zero-order chi connectivity index (χ0) is 15.4. The number of carbonyl (C=O) groups is 1. The van der Waals surface area contributed by atoms with Crippen molar-refractivity contribution in [3.8, 4) is 0 Å². The number of aromatic amines is 2. The van der Waals surface area contributed by atoms with Crippen LogP contribution in [0.15, 0.2) is 33.9 Å². The summed E-state index contributed by atoms with van der Waals surface area (Å²) in [7, 11) is 0. The molecule has 0 saturated carbocycles. The van der Waals surface area contributed by atoms with Crippen LogP contribution >= 0.6 is 0 Å². The molecule has 1 aromatic heterocycles. The fourth-order valence-corrected chi connectivity index (χ4v) is 2.09. The Morgan fingerprint density at radius 1 is 1.14 bits per heavy atom. The van der Waals surface area contributed by atoms with Crippen LogP contribution in [0.1, 0.15) is 23.2 Å². The van der Waals surface area contributed by atoms with Crippen molar-refractivity contribution in [1.29, 1.82) is 0 Å². The summed E-state index contributed by atoms with van der Waals surface area (Å²) in [6.45, 7) is 3.55. The van der Waals surface area contributed by atoms with E-state index in [4.69, 9.17) is 0 Å². The van der Waals surface area contributed by atoms with E-state index in [0.717, 1.165) is 11.3 Å². The Labute approximate surface area is 121 Å². The first kappa shape index (κ1) is 14.8. The van der Waals surface area contributed by atoms with Gasteiger partial charge in [-0.05, 0) is 31.9 Å². The molecule has 1 heterocycles. The summed E-state index contributed by atoms with van der Waals surface area (Å²) >= 11 is 0. The van der Waals surface area contributed by atoms with Crippen LogP contribution in [0.5, 0.6) is 0 Å². The summed E-state index contributed by atoms with van der Waals surface area (Å²) in [4.78, 5) is 39.4. The number of rotatable bonds is 4. The highest BCUT2D eigenvalue weighted by Gasteiger charge is 2.09. The molecule has 0 spiro atoms. The lowest BCUT2D eigenvalue weighted by Gasteiger charge is -2.08. The van der Waals surface area contributed by atoms with E-state index in [1.807, 2.05) is 31.2 Å². The molecule has 3 N–H and O–H groups in total. The number of para-hydroxylation sites is 1. The maximum atomic E-state index is 11.9. The highest BCUT2D eigenvalue weighted by atomic mass is 16.2. The maximum Gasteiger partial charge on any atom is 0.325 e. The van der Waals surface area contributed by atoms with E-state index in [0.29, 0.717) is 11.3 Å². The van der Waals surface area contributed by atoms with Crippen LogP contribution in [0.2, 0.25) is 0 Å². The van der Waals surface area contributed by atoms with Gasteiger partial charge in [0.1, 0.15) is 0 Å². The van der Waals surface area contributed by atoms with Gasteiger partial charge in [0.25, 0.3) is 5.56 Å². The molecule has 110 valence electrons. The third-order valence-corrected chi connectivity index (χ3v) is 3.28. The van der Waals surface area contributed by atoms with Crippen LogP contribution in [0.3, 0.4) is 0 Å². The first-order valence-electron chi connectivity index (χ1n) is 6.65. The van der Waals surface area contributed by atoms with Crippen LogP contribution in [-0.4, -0.2) is 15.9 Å². The number of anilines is 1. The van der Waals surface area contributed by atoms with Gasteiger partial charge in [0.15, 0.2) is 0 Å². The van der Waals surface area contributed by atoms with E-state index < -0.39 is 11.2 Å². The summed E-state index contributed by atoms with van der Waals surface area (Å²) < 4.78 is 0. The van der Waals surface area contributed by atoms with Gasteiger partial charge in [-0.3, -0.25) is 14.6 Å². The molecule has 0 aliphatic heterocycles. The minimum absolute atomic E-state index is 0.171. The topological polar surface area (TPSA) is 94.8 Å². The minimum Gasteiger partial charge on any atom is -0.326 e. The van der Waals surface area contributed by atoms with Crippen molar-refractivity contribution in [2.75, 3.05) is 5.32 Å². The van der Waals surface area contributed by atoms with Crippen molar-refractivity contribution < 1.29 is 4.79 Å². The first-order valence-corrected chi connectivity index (χ1v) is 6.65. The Kier molecular flexibility index (Phi) is 4.37. The molecule has 0 fully saturated rings. The zero-order valence-corrected chi connectivity index (χ0v) is 11.9. The molecule has 0 atom stereocenters. The highest BCUT2D eigenvalue weighted by molar-refractivity contribution is 5.91. The van der Waals surface area contributed by atoms with Gasteiger partial charge < -0.3 is 10.3 Å². The second kappa shape index (κ2) is 6.21. The molecule has 0 bridgehead atoms. The van der Waals surface area contributed by atoms with Gasteiger partial charge >= 0.3 is 5.69 Å². The first-order chi connectivity index (χ1) is 9.97. The number of nitrogens with one attached hydrogen (secondary N) is 3. The van der Waals surface area contributed by atoms with Crippen LogP contribution in [-0.2, 0) is 11.2 Å². The zero-order valence-electron chi connectivity index (χ0n) is 11.9. The smallest absolute Gasteiger partial charge is 0.325 e. The number of benzene rings is 1.